The largest absolute Gasteiger partial charge is 0.382 e. The van der Waals surface area contributed by atoms with Crippen molar-refractivity contribution < 1.29 is 18.7 Å². The van der Waals surface area contributed by atoms with Crippen molar-refractivity contribution in [2.45, 2.75) is 58.6 Å². The van der Waals surface area contributed by atoms with E-state index in [2.05, 4.69) is 32.2 Å². The van der Waals surface area contributed by atoms with Crippen LogP contribution in [0.2, 0.25) is 0 Å². The third kappa shape index (κ3) is 5.76. The number of nitriles is 1. The summed E-state index contributed by atoms with van der Waals surface area (Å²) in [6.45, 7) is 7.47. The summed E-state index contributed by atoms with van der Waals surface area (Å²) in [5.41, 5.74) is -0.0200. The van der Waals surface area contributed by atoms with E-state index < -0.39 is 11.4 Å². The Kier molecular flexibility index (Phi) is 7.56. The molecule has 1 aliphatic rings. The standard InChI is InChI=1S/C22H31FN2O3/c1-21(2,3)18-7-9-22(15-24,10-8-18)25-20(26)16-5-6-19(23)17(13-16)14-28-12-11-27-4/h5-6,13,18H,7-12,14H2,1-4H3,(H,25,26). The lowest BCUT2D eigenvalue weighted by atomic mass is 9.67. The first kappa shape index (κ1) is 22.3. The number of hydrogen-bond acceptors (Lipinski definition) is 4. The van der Waals surface area contributed by atoms with Gasteiger partial charge in [0.1, 0.15) is 11.4 Å². The number of rotatable bonds is 7. The number of halogens is 1. The Hall–Kier alpha value is -1.97. The number of nitrogens with zero attached hydrogens (tertiary/aromatic N) is 1. The van der Waals surface area contributed by atoms with Gasteiger partial charge in [0.2, 0.25) is 0 Å². The molecule has 1 fully saturated rings. The Morgan fingerprint density at radius 2 is 2.00 bits per heavy atom. The lowest BCUT2D eigenvalue weighted by molar-refractivity contribution is 0.0603. The minimum absolute atomic E-state index is 0.0625. The maximum atomic E-state index is 14.0. The van der Waals surface area contributed by atoms with Crippen LogP contribution in [0.5, 0.6) is 0 Å². The lowest BCUT2D eigenvalue weighted by Gasteiger charge is -2.40. The molecule has 0 heterocycles. The number of hydrogen-bond donors (Lipinski definition) is 1. The van der Waals surface area contributed by atoms with Gasteiger partial charge in [0.25, 0.3) is 5.91 Å². The van der Waals surface area contributed by atoms with Crippen molar-refractivity contribution in [2.24, 2.45) is 11.3 Å². The van der Waals surface area contributed by atoms with Crippen molar-refractivity contribution in [1.82, 2.24) is 5.32 Å². The van der Waals surface area contributed by atoms with Gasteiger partial charge in [-0.3, -0.25) is 4.79 Å². The Balaban J connectivity index is 2.04. The van der Waals surface area contributed by atoms with Gasteiger partial charge in [0.15, 0.2) is 0 Å². The van der Waals surface area contributed by atoms with Crippen LogP contribution >= 0.6 is 0 Å². The van der Waals surface area contributed by atoms with Gasteiger partial charge < -0.3 is 14.8 Å². The first-order chi connectivity index (χ1) is 13.2. The molecule has 1 aromatic carbocycles. The Morgan fingerprint density at radius 1 is 1.32 bits per heavy atom. The summed E-state index contributed by atoms with van der Waals surface area (Å²) in [5, 5.41) is 12.6. The van der Waals surface area contributed by atoms with Crippen LogP contribution in [-0.2, 0) is 16.1 Å². The molecule has 0 aromatic heterocycles. The van der Waals surface area contributed by atoms with E-state index in [0.717, 1.165) is 12.8 Å². The number of carbonyl (C=O) groups is 1. The molecule has 28 heavy (non-hydrogen) atoms. The van der Waals surface area contributed by atoms with Crippen molar-refractivity contribution in [1.29, 1.82) is 5.26 Å². The van der Waals surface area contributed by atoms with Crippen molar-refractivity contribution in [3.63, 3.8) is 0 Å². The van der Waals surface area contributed by atoms with Crippen LogP contribution in [0, 0.1) is 28.5 Å². The molecule has 0 radical (unpaired) electrons. The summed E-state index contributed by atoms with van der Waals surface area (Å²) in [4.78, 5) is 12.7. The van der Waals surface area contributed by atoms with Gasteiger partial charge >= 0.3 is 0 Å². The van der Waals surface area contributed by atoms with Crippen LogP contribution in [0.15, 0.2) is 18.2 Å². The number of nitrogens with one attached hydrogen (secondary N) is 1. The smallest absolute Gasteiger partial charge is 0.252 e. The third-order valence-electron chi connectivity index (χ3n) is 5.63. The van der Waals surface area contributed by atoms with E-state index in [4.69, 9.17) is 9.47 Å². The predicted molar refractivity (Wildman–Crippen MR) is 105 cm³/mol. The second kappa shape index (κ2) is 9.49. The number of benzene rings is 1. The summed E-state index contributed by atoms with van der Waals surface area (Å²) < 4.78 is 24.3. The molecule has 0 spiro atoms. The number of carbonyl (C=O) groups excluding carboxylic acids is 1. The van der Waals surface area contributed by atoms with Gasteiger partial charge in [-0.2, -0.15) is 5.26 Å². The molecule has 1 aliphatic carbocycles. The van der Waals surface area contributed by atoms with E-state index in [0.29, 0.717) is 43.1 Å². The summed E-state index contributed by atoms with van der Waals surface area (Å²) in [7, 11) is 1.56. The fraction of sp³-hybridized carbons (Fsp3) is 0.636. The molecule has 154 valence electrons. The topological polar surface area (TPSA) is 71.3 Å². The molecule has 1 N–H and O–H groups in total. The lowest BCUT2D eigenvalue weighted by Crippen LogP contribution is -2.50. The summed E-state index contributed by atoms with van der Waals surface area (Å²) in [6.07, 6.45) is 3.06. The maximum Gasteiger partial charge on any atom is 0.252 e. The molecule has 1 amide bonds. The highest BCUT2D eigenvalue weighted by Crippen LogP contribution is 2.41. The molecule has 0 unspecified atom stereocenters. The van der Waals surface area contributed by atoms with Crippen molar-refractivity contribution in [3.8, 4) is 6.07 Å². The van der Waals surface area contributed by atoms with Gasteiger partial charge in [-0.25, -0.2) is 4.39 Å². The Bertz CT molecular complexity index is 713. The van der Waals surface area contributed by atoms with E-state index in [9.17, 15) is 14.4 Å². The second-order valence-corrected chi connectivity index (χ2v) is 8.64. The zero-order chi connectivity index (χ0) is 20.8. The number of amides is 1. The van der Waals surface area contributed by atoms with Crippen molar-refractivity contribution >= 4 is 5.91 Å². The monoisotopic (exact) mass is 390 g/mol. The van der Waals surface area contributed by atoms with Crippen LogP contribution in [-0.4, -0.2) is 31.8 Å². The number of methoxy groups -OCH3 is 1. The normalized spacial score (nSPS) is 22.5. The van der Waals surface area contributed by atoms with Crippen LogP contribution in [0.4, 0.5) is 4.39 Å². The van der Waals surface area contributed by atoms with Gasteiger partial charge in [0, 0.05) is 18.2 Å². The molecular formula is C22H31FN2O3. The zero-order valence-electron chi connectivity index (χ0n) is 17.3. The van der Waals surface area contributed by atoms with E-state index in [1.807, 2.05) is 0 Å². The molecule has 6 heteroatoms. The van der Waals surface area contributed by atoms with Gasteiger partial charge in [-0.05, 0) is 55.2 Å². The fourth-order valence-corrected chi connectivity index (χ4v) is 3.68. The molecule has 0 aliphatic heterocycles. The third-order valence-corrected chi connectivity index (χ3v) is 5.63. The predicted octanol–water partition coefficient (Wildman–Crippen LogP) is 4.22. The average Bonchev–Trinajstić information content (AvgIpc) is 2.66. The molecule has 5 nitrogen and oxygen atoms in total. The SMILES string of the molecule is COCCOCc1cc(C(=O)NC2(C#N)CCC(C(C)(C)C)CC2)ccc1F. The molecule has 1 aromatic rings. The molecule has 2 rings (SSSR count). The minimum atomic E-state index is -0.859. The first-order valence-electron chi connectivity index (χ1n) is 9.79. The quantitative estimate of drug-likeness (QED) is 0.708. The number of ether oxygens (including phenoxy) is 2. The van der Waals surface area contributed by atoms with E-state index in [1.165, 1.54) is 18.2 Å². The molecule has 1 saturated carbocycles. The van der Waals surface area contributed by atoms with Gasteiger partial charge in [0.05, 0.1) is 25.9 Å². The van der Waals surface area contributed by atoms with Crippen LogP contribution in [0.3, 0.4) is 0 Å². The van der Waals surface area contributed by atoms with Gasteiger partial charge in [-0.15, -0.1) is 0 Å². The van der Waals surface area contributed by atoms with E-state index in [1.54, 1.807) is 7.11 Å². The maximum absolute atomic E-state index is 14.0. The molecule has 0 bridgehead atoms. The van der Waals surface area contributed by atoms with Gasteiger partial charge in [-0.1, -0.05) is 20.8 Å². The van der Waals surface area contributed by atoms with E-state index in [-0.39, 0.29) is 17.9 Å². The molecule has 0 atom stereocenters. The highest BCUT2D eigenvalue weighted by atomic mass is 19.1. The first-order valence-corrected chi connectivity index (χ1v) is 9.79. The molecule has 0 saturated heterocycles. The Labute approximate surface area is 167 Å². The van der Waals surface area contributed by atoms with Crippen molar-refractivity contribution in [2.75, 3.05) is 20.3 Å². The highest BCUT2D eigenvalue weighted by molar-refractivity contribution is 5.95. The van der Waals surface area contributed by atoms with Crippen LogP contribution < -0.4 is 5.32 Å². The zero-order valence-corrected chi connectivity index (χ0v) is 17.3. The molecular weight excluding hydrogens is 359 g/mol. The average molecular weight is 390 g/mol. The summed E-state index contributed by atoms with van der Waals surface area (Å²) in [6, 6.07) is 6.51. The fourth-order valence-electron chi connectivity index (χ4n) is 3.68. The van der Waals surface area contributed by atoms with Crippen LogP contribution in [0.1, 0.15) is 62.4 Å². The minimum Gasteiger partial charge on any atom is -0.382 e. The summed E-state index contributed by atoms with van der Waals surface area (Å²) >= 11 is 0. The van der Waals surface area contributed by atoms with E-state index >= 15 is 0 Å². The summed E-state index contributed by atoms with van der Waals surface area (Å²) in [5.74, 6) is -0.240. The highest BCUT2D eigenvalue weighted by Gasteiger charge is 2.40. The van der Waals surface area contributed by atoms with Crippen LogP contribution in [0.25, 0.3) is 0 Å². The second-order valence-electron chi connectivity index (χ2n) is 8.64. The van der Waals surface area contributed by atoms with Crippen molar-refractivity contribution in [3.05, 3.63) is 35.1 Å². The Morgan fingerprint density at radius 3 is 2.57 bits per heavy atom.